The average molecular weight is 477 g/mol. The number of benzene rings is 2. The van der Waals surface area contributed by atoms with Crippen LogP contribution in [0.25, 0.3) is 17.0 Å². The summed E-state index contributed by atoms with van der Waals surface area (Å²) in [6.07, 6.45) is 4.68. The van der Waals surface area contributed by atoms with Gasteiger partial charge < -0.3 is 24.7 Å². The maximum Gasteiger partial charge on any atom is 0.356 e. The minimum Gasteiger partial charge on any atom is -0.496 e. The maximum atomic E-state index is 12.8. The Morgan fingerprint density at radius 2 is 1.74 bits per heavy atom. The van der Waals surface area contributed by atoms with Gasteiger partial charge in [-0.05, 0) is 17.7 Å². The zero-order valence-electron chi connectivity index (χ0n) is 20.3. The van der Waals surface area contributed by atoms with Crippen LogP contribution < -0.4 is 10.1 Å². The highest BCUT2D eigenvalue weighted by atomic mass is 16.5. The van der Waals surface area contributed by atoms with Crippen molar-refractivity contribution in [2.45, 2.75) is 6.42 Å². The quantitative estimate of drug-likeness (QED) is 0.459. The van der Waals surface area contributed by atoms with Crippen molar-refractivity contribution in [3.63, 3.8) is 0 Å². The minimum atomic E-state index is -0.545. The molecule has 35 heavy (non-hydrogen) atoms. The average Bonchev–Trinajstić information content (AvgIpc) is 3.26. The summed E-state index contributed by atoms with van der Waals surface area (Å²) in [6, 6.07) is 15.7. The van der Waals surface area contributed by atoms with E-state index >= 15 is 0 Å². The molecule has 0 unspecified atom stereocenters. The highest BCUT2D eigenvalue weighted by molar-refractivity contribution is 6.12. The zero-order chi connectivity index (χ0) is 24.6. The molecule has 0 radical (unpaired) electrons. The normalized spacial score (nSPS) is 14.9. The second-order valence-corrected chi connectivity index (χ2v) is 8.50. The molecule has 1 aliphatic heterocycles. The number of amides is 1. The predicted octanol–water partition coefficient (Wildman–Crippen LogP) is 3.62. The van der Waals surface area contributed by atoms with Crippen LogP contribution in [0.4, 0.5) is 5.69 Å². The first-order valence-corrected chi connectivity index (χ1v) is 11.8. The number of nitrogens with zero attached hydrogens (tertiary/aromatic N) is 2. The lowest BCUT2D eigenvalue weighted by Crippen LogP contribution is -2.46. The van der Waals surface area contributed by atoms with E-state index in [1.807, 2.05) is 30.3 Å². The molecule has 0 aliphatic carbocycles. The van der Waals surface area contributed by atoms with Gasteiger partial charge in [-0.25, -0.2) is 4.79 Å². The largest absolute Gasteiger partial charge is 0.496 e. The standard InChI is InChI=1S/C27H32N4O4/c1-34-22-12-6-11-21-24(22)25(26(28-21)27(33)35-2)29-23(32)13-15-31-18-16-30(17-19-31)14-7-10-20-8-4-3-5-9-20/h3-12,28H,13-19H2,1-2H3,(H,29,32). The van der Waals surface area contributed by atoms with E-state index in [0.29, 0.717) is 35.3 Å². The number of H-pyrrole nitrogens is 1. The number of hydrogen-bond donors (Lipinski definition) is 2. The van der Waals surface area contributed by atoms with Crippen molar-refractivity contribution in [3.05, 3.63) is 65.9 Å². The van der Waals surface area contributed by atoms with Crippen LogP contribution in [-0.2, 0) is 9.53 Å². The number of aromatic nitrogens is 1. The highest BCUT2D eigenvalue weighted by Crippen LogP contribution is 2.35. The third-order valence-electron chi connectivity index (χ3n) is 6.25. The van der Waals surface area contributed by atoms with Crippen LogP contribution >= 0.6 is 0 Å². The Hall–Kier alpha value is -3.62. The van der Waals surface area contributed by atoms with Gasteiger partial charge >= 0.3 is 5.97 Å². The summed E-state index contributed by atoms with van der Waals surface area (Å²) in [5.74, 6) is -0.132. The zero-order valence-corrected chi connectivity index (χ0v) is 20.3. The van der Waals surface area contributed by atoms with Crippen LogP contribution in [-0.4, -0.2) is 80.1 Å². The SMILES string of the molecule is COC(=O)c1[nH]c2cccc(OC)c2c1NC(=O)CCN1CCN(CC=Cc2ccccc2)CC1. The molecule has 184 valence electrons. The topological polar surface area (TPSA) is 86.9 Å². The number of rotatable bonds is 9. The van der Waals surface area contributed by atoms with Crippen molar-refractivity contribution >= 4 is 34.5 Å². The second kappa shape index (κ2) is 11.7. The van der Waals surface area contributed by atoms with Gasteiger partial charge in [0.25, 0.3) is 0 Å². The van der Waals surface area contributed by atoms with E-state index in [9.17, 15) is 9.59 Å². The lowest BCUT2D eigenvalue weighted by Gasteiger charge is -2.34. The number of nitrogens with one attached hydrogen (secondary N) is 2. The molecule has 1 aromatic heterocycles. The Bertz CT molecular complexity index is 1180. The van der Waals surface area contributed by atoms with E-state index < -0.39 is 5.97 Å². The summed E-state index contributed by atoms with van der Waals surface area (Å²) in [7, 11) is 2.87. The summed E-state index contributed by atoms with van der Waals surface area (Å²) < 4.78 is 10.4. The Kier molecular flexibility index (Phi) is 8.18. The van der Waals surface area contributed by atoms with Crippen molar-refractivity contribution in [3.8, 4) is 5.75 Å². The Balaban J connectivity index is 1.30. The summed E-state index contributed by atoms with van der Waals surface area (Å²) >= 11 is 0. The molecule has 0 bridgehead atoms. The van der Waals surface area contributed by atoms with E-state index in [4.69, 9.17) is 9.47 Å². The molecule has 4 rings (SSSR count). The maximum absolute atomic E-state index is 12.8. The van der Waals surface area contributed by atoms with E-state index in [-0.39, 0.29) is 11.6 Å². The molecule has 3 aromatic rings. The molecule has 8 heteroatoms. The van der Waals surface area contributed by atoms with E-state index in [1.54, 1.807) is 13.2 Å². The molecule has 1 fully saturated rings. The Morgan fingerprint density at radius 1 is 1.00 bits per heavy atom. The first-order valence-electron chi connectivity index (χ1n) is 11.8. The molecule has 0 spiro atoms. The number of hydrogen-bond acceptors (Lipinski definition) is 6. The molecule has 1 saturated heterocycles. The molecule has 1 amide bonds. The van der Waals surface area contributed by atoms with E-state index in [1.165, 1.54) is 12.7 Å². The van der Waals surface area contributed by atoms with Gasteiger partial charge in [-0.1, -0.05) is 48.6 Å². The number of carbonyl (C=O) groups is 2. The van der Waals surface area contributed by atoms with Gasteiger partial charge in [-0.3, -0.25) is 9.69 Å². The smallest absolute Gasteiger partial charge is 0.356 e. The van der Waals surface area contributed by atoms with Crippen LogP contribution in [0.2, 0.25) is 0 Å². The van der Waals surface area contributed by atoms with Crippen molar-refractivity contribution in [2.24, 2.45) is 0 Å². The molecule has 2 heterocycles. The third-order valence-corrected chi connectivity index (χ3v) is 6.25. The lowest BCUT2D eigenvalue weighted by atomic mass is 10.2. The fraction of sp³-hybridized carbons (Fsp3) is 0.333. The molecule has 0 atom stereocenters. The fourth-order valence-electron chi connectivity index (χ4n) is 4.32. The molecular weight excluding hydrogens is 444 g/mol. The number of methoxy groups -OCH3 is 2. The van der Waals surface area contributed by atoms with Gasteiger partial charge in [-0.15, -0.1) is 0 Å². The van der Waals surface area contributed by atoms with Crippen LogP contribution in [0.3, 0.4) is 0 Å². The number of fused-ring (bicyclic) bond motifs is 1. The van der Waals surface area contributed by atoms with Gasteiger partial charge in [0.1, 0.15) is 11.4 Å². The first kappa shape index (κ1) is 24.5. The predicted molar refractivity (Wildman–Crippen MR) is 138 cm³/mol. The van der Waals surface area contributed by atoms with Gasteiger partial charge in [0.2, 0.25) is 5.91 Å². The number of ether oxygens (including phenoxy) is 2. The number of carbonyl (C=O) groups excluding carboxylic acids is 2. The minimum absolute atomic E-state index is 0.157. The monoisotopic (exact) mass is 476 g/mol. The number of piperazine rings is 1. The summed E-state index contributed by atoms with van der Waals surface area (Å²) in [6.45, 7) is 5.34. The van der Waals surface area contributed by atoms with Crippen molar-refractivity contribution in [2.75, 3.05) is 58.8 Å². The van der Waals surface area contributed by atoms with Gasteiger partial charge in [0.05, 0.1) is 30.8 Å². The molecule has 0 saturated carbocycles. The van der Waals surface area contributed by atoms with Crippen LogP contribution in [0.1, 0.15) is 22.5 Å². The van der Waals surface area contributed by atoms with Gasteiger partial charge in [0, 0.05) is 45.7 Å². The van der Waals surface area contributed by atoms with E-state index in [2.05, 4.69) is 44.4 Å². The summed E-state index contributed by atoms with van der Waals surface area (Å²) in [5, 5.41) is 3.57. The van der Waals surface area contributed by atoms with Crippen molar-refractivity contribution in [1.29, 1.82) is 0 Å². The fourth-order valence-corrected chi connectivity index (χ4v) is 4.32. The molecule has 2 aromatic carbocycles. The van der Waals surface area contributed by atoms with Crippen LogP contribution in [0, 0.1) is 0 Å². The lowest BCUT2D eigenvalue weighted by molar-refractivity contribution is -0.116. The van der Waals surface area contributed by atoms with Crippen LogP contribution in [0.5, 0.6) is 5.75 Å². The third kappa shape index (κ3) is 6.09. The first-order chi connectivity index (χ1) is 17.1. The van der Waals surface area contributed by atoms with Crippen molar-refractivity contribution in [1.82, 2.24) is 14.8 Å². The summed E-state index contributed by atoms with van der Waals surface area (Å²) in [5.41, 5.74) is 2.50. The van der Waals surface area contributed by atoms with E-state index in [0.717, 1.165) is 32.7 Å². The Morgan fingerprint density at radius 3 is 2.46 bits per heavy atom. The number of aromatic amines is 1. The molecule has 8 nitrogen and oxygen atoms in total. The van der Waals surface area contributed by atoms with Gasteiger partial charge in [-0.2, -0.15) is 0 Å². The van der Waals surface area contributed by atoms with Crippen LogP contribution in [0.15, 0.2) is 54.6 Å². The summed E-state index contributed by atoms with van der Waals surface area (Å²) in [4.78, 5) is 32.9. The Labute approximate surface area is 205 Å². The molecule has 1 aliphatic rings. The number of esters is 1. The van der Waals surface area contributed by atoms with Gasteiger partial charge in [0.15, 0.2) is 0 Å². The molecule has 2 N–H and O–H groups in total. The van der Waals surface area contributed by atoms with Crippen molar-refractivity contribution < 1.29 is 19.1 Å². The second-order valence-electron chi connectivity index (χ2n) is 8.50. The highest BCUT2D eigenvalue weighted by Gasteiger charge is 2.23. The molecular formula is C27H32N4O4. The number of anilines is 1.